The highest BCUT2D eigenvalue weighted by Crippen LogP contribution is 2.54. The van der Waals surface area contributed by atoms with Gasteiger partial charge in [0.2, 0.25) is 0 Å². The molecule has 2 N–H and O–H groups in total. The fourth-order valence-electron chi connectivity index (χ4n) is 4.48. The van der Waals surface area contributed by atoms with Crippen LogP contribution in [0.5, 0.6) is 11.5 Å². The smallest absolute Gasteiger partial charge is 0.153 e. The van der Waals surface area contributed by atoms with E-state index in [9.17, 15) is 10.5 Å². The Morgan fingerprint density at radius 2 is 1.19 bits per heavy atom. The summed E-state index contributed by atoms with van der Waals surface area (Å²) in [6.07, 6.45) is 14.6. The first-order valence-corrected chi connectivity index (χ1v) is 17.5. The van der Waals surface area contributed by atoms with E-state index in [0.29, 0.717) is 30.4 Å². The van der Waals surface area contributed by atoms with Crippen molar-refractivity contribution in [3.8, 4) is 23.6 Å². The zero-order valence-electron chi connectivity index (χ0n) is 26.5. The highest BCUT2D eigenvalue weighted by atomic mass is 32.2. The fraction of sp³-hybridized carbons (Fsp3) is 0.600. The summed E-state index contributed by atoms with van der Waals surface area (Å²) in [5.74, 6) is 0.968. The van der Waals surface area contributed by atoms with Crippen molar-refractivity contribution in [2.24, 2.45) is 0 Å². The van der Waals surface area contributed by atoms with Crippen molar-refractivity contribution < 1.29 is 9.47 Å². The Kier molecular flexibility index (Phi) is 16.7. The molecular weight excluding hydrogens is 559 g/mol. The summed E-state index contributed by atoms with van der Waals surface area (Å²) in [7, 11) is 0. The Labute approximate surface area is 263 Å². The number of nitrogens with zero attached hydrogens (tertiary/aromatic N) is 2. The average Bonchev–Trinajstić information content (AvgIpc) is 2.98. The predicted molar refractivity (Wildman–Crippen MR) is 179 cm³/mol. The van der Waals surface area contributed by atoms with Crippen molar-refractivity contribution in [1.82, 2.24) is 0 Å². The van der Waals surface area contributed by atoms with Gasteiger partial charge in [-0.1, -0.05) is 123 Å². The lowest BCUT2D eigenvalue weighted by molar-refractivity contribution is 0.282. The van der Waals surface area contributed by atoms with E-state index < -0.39 is 0 Å². The summed E-state index contributed by atoms with van der Waals surface area (Å²) >= 11 is 3.19. The standard InChI is InChI=1S/C35H51N3O2S2/c1-6-9-11-13-15-19-23-39-31-27(25-36)28(26-37)32(40-24-20-16-14-12-10-7-2)34(42-35(4,5)8-3)33(31)41-30-22-18-17-21-29(30)38/h17-18,21-22H,6-16,19-20,23-24,38H2,1-5H3. The molecule has 5 nitrogen and oxygen atoms in total. The van der Waals surface area contributed by atoms with Crippen LogP contribution in [0.3, 0.4) is 0 Å². The van der Waals surface area contributed by atoms with Crippen molar-refractivity contribution in [2.45, 2.75) is 138 Å². The van der Waals surface area contributed by atoms with E-state index in [1.807, 2.05) is 24.3 Å². The van der Waals surface area contributed by atoms with Crippen molar-refractivity contribution in [2.75, 3.05) is 18.9 Å². The van der Waals surface area contributed by atoms with Crippen molar-refractivity contribution in [1.29, 1.82) is 10.5 Å². The van der Waals surface area contributed by atoms with E-state index in [1.165, 1.54) is 63.1 Å². The average molecular weight is 610 g/mol. The minimum atomic E-state index is -0.132. The molecule has 0 aliphatic rings. The van der Waals surface area contributed by atoms with Gasteiger partial charge in [0.05, 0.1) is 23.0 Å². The summed E-state index contributed by atoms with van der Waals surface area (Å²) < 4.78 is 12.8. The van der Waals surface area contributed by atoms with Crippen LogP contribution in [0.2, 0.25) is 0 Å². The van der Waals surface area contributed by atoms with Crippen LogP contribution in [0.25, 0.3) is 0 Å². The van der Waals surface area contributed by atoms with Gasteiger partial charge in [0.25, 0.3) is 0 Å². The van der Waals surface area contributed by atoms with Gasteiger partial charge in [0.15, 0.2) is 11.5 Å². The van der Waals surface area contributed by atoms with Crippen LogP contribution >= 0.6 is 23.5 Å². The van der Waals surface area contributed by atoms with Crippen molar-refractivity contribution in [3.05, 3.63) is 35.4 Å². The SMILES string of the molecule is CCCCCCCCOc1c(C#N)c(C#N)c(OCCCCCCCC)c(SC(C)(C)CC)c1Sc1ccccc1N. The lowest BCUT2D eigenvalue weighted by atomic mass is 10.1. The second kappa shape index (κ2) is 19.7. The molecule has 0 saturated carbocycles. The topological polar surface area (TPSA) is 92.1 Å². The van der Waals surface area contributed by atoms with Gasteiger partial charge in [-0.15, -0.1) is 11.8 Å². The number of unbranched alkanes of at least 4 members (excludes halogenated alkanes) is 10. The third-order valence-electron chi connectivity index (χ3n) is 7.40. The Bertz CT molecular complexity index is 1180. The van der Waals surface area contributed by atoms with Crippen LogP contribution < -0.4 is 15.2 Å². The molecule has 0 amide bonds. The molecule has 0 unspecified atom stereocenters. The summed E-state index contributed by atoms with van der Waals surface area (Å²) in [6.45, 7) is 12.0. The Morgan fingerprint density at radius 3 is 1.67 bits per heavy atom. The third kappa shape index (κ3) is 11.3. The molecule has 0 aromatic heterocycles. The number of nitriles is 2. The number of nitrogen functional groups attached to an aromatic ring is 1. The number of hydrogen-bond acceptors (Lipinski definition) is 7. The first-order valence-electron chi connectivity index (χ1n) is 15.8. The minimum Gasteiger partial charge on any atom is -0.491 e. The van der Waals surface area contributed by atoms with Crippen LogP contribution in [0.1, 0.15) is 129 Å². The second-order valence-corrected chi connectivity index (χ2v) is 14.1. The Hall–Kier alpha value is -2.48. The van der Waals surface area contributed by atoms with E-state index in [4.69, 9.17) is 15.2 Å². The van der Waals surface area contributed by atoms with E-state index in [0.717, 1.165) is 46.8 Å². The van der Waals surface area contributed by atoms with Crippen LogP contribution in [-0.4, -0.2) is 18.0 Å². The summed E-state index contributed by atoms with van der Waals surface area (Å²) in [6, 6.07) is 12.4. The molecule has 2 aromatic carbocycles. The summed E-state index contributed by atoms with van der Waals surface area (Å²) in [5, 5.41) is 20.8. The normalized spacial score (nSPS) is 11.2. The maximum Gasteiger partial charge on any atom is 0.153 e. The van der Waals surface area contributed by atoms with Gasteiger partial charge in [-0.2, -0.15) is 10.5 Å². The highest BCUT2D eigenvalue weighted by molar-refractivity contribution is 8.03. The Balaban J connectivity index is 2.58. The molecule has 0 heterocycles. The first-order chi connectivity index (χ1) is 20.3. The van der Waals surface area contributed by atoms with E-state index in [-0.39, 0.29) is 15.9 Å². The van der Waals surface area contributed by atoms with Crippen LogP contribution in [0, 0.1) is 22.7 Å². The van der Waals surface area contributed by atoms with Gasteiger partial charge in [0, 0.05) is 15.3 Å². The van der Waals surface area contributed by atoms with E-state index >= 15 is 0 Å². The van der Waals surface area contributed by atoms with Gasteiger partial charge >= 0.3 is 0 Å². The maximum atomic E-state index is 10.4. The number of rotatable bonds is 21. The zero-order chi connectivity index (χ0) is 30.8. The fourth-order valence-corrected chi connectivity index (χ4v) is 6.86. The Morgan fingerprint density at radius 1 is 0.714 bits per heavy atom. The van der Waals surface area contributed by atoms with Crippen molar-refractivity contribution in [3.63, 3.8) is 0 Å². The number of hydrogen-bond donors (Lipinski definition) is 1. The number of anilines is 1. The van der Waals surface area contributed by atoms with Gasteiger partial charge in [-0.05, 0) is 31.4 Å². The van der Waals surface area contributed by atoms with E-state index in [2.05, 4.69) is 46.8 Å². The van der Waals surface area contributed by atoms with Gasteiger partial charge in [-0.25, -0.2) is 0 Å². The van der Waals surface area contributed by atoms with Crippen LogP contribution in [0.15, 0.2) is 39.0 Å². The molecule has 2 rings (SSSR count). The minimum absolute atomic E-state index is 0.132. The molecule has 0 radical (unpaired) electrons. The van der Waals surface area contributed by atoms with Gasteiger partial charge in [-0.3, -0.25) is 0 Å². The van der Waals surface area contributed by atoms with Gasteiger partial charge in [0.1, 0.15) is 23.3 Å². The second-order valence-electron chi connectivity index (χ2n) is 11.4. The molecule has 0 spiro atoms. The predicted octanol–water partition coefficient (Wildman–Crippen LogP) is 10.9. The lowest BCUT2D eigenvalue weighted by Crippen LogP contribution is -2.14. The van der Waals surface area contributed by atoms with E-state index in [1.54, 1.807) is 11.8 Å². The van der Waals surface area contributed by atoms with Crippen LogP contribution in [-0.2, 0) is 0 Å². The van der Waals surface area contributed by atoms with Crippen molar-refractivity contribution >= 4 is 29.2 Å². The summed E-state index contributed by atoms with van der Waals surface area (Å²) in [4.78, 5) is 2.54. The zero-order valence-corrected chi connectivity index (χ0v) is 28.2. The van der Waals surface area contributed by atoms with Gasteiger partial charge < -0.3 is 15.2 Å². The number of benzene rings is 2. The number of nitrogens with two attached hydrogens (primary N) is 1. The molecule has 7 heteroatoms. The molecule has 2 aromatic rings. The molecule has 0 aliphatic carbocycles. The van der Waals surface area contributed by atoms with Crippen LogP contribution in [0.4, 0.5) is 5.69 Å². The quantitative estimate of drug-likeness (QED) is 0.0855. The molecular formula is C35H51N3O2S2. The number of para-hydroxylation sites is 1. The highest BCUT2D eigenvalue weighted by Gasteiger charge is 2.31. The first kappa shape index (κ1) is 35.7. The summed E-state index contributed by atoms with van der Waals surface area (Å²) in [5.41, 5.74) is 7.57. The monoisotopic (exact) mass is 609 g/mol. The molecule has 42 heavy (non-hydrogen) atoms. The molecule has 0 bridgehead atoms. The molecule has 230 valence electrons. The maximum absolute atomic E-state index is 10.4. The third-order valence-corrected chi connectivity index (χ3v) is 10.1. The lowest BCUT2D eigenvalue weighted by Gasteiger charge is -2.27. The largest absolute Gasteiger partial charge is 0.491 e. The molecule has 0 saturated heterocycles. The molecule has 0 fully saturated rings. The molecule has 0 aliphatic heterocycles. The number of thioether (sulfide) groups is 1. The number of ether oxygens (including phenoxy) is 2. The molecule has 0 atom stereocenters.